The first-order valence-electron chi connectivity index (χ1n) is 11.3. The number of nitrogens with zero attached hydrogens (tertiary/aromatic N) is 3. The van der Waals surface area contributed by atoms with E-state index >= 15 is 0 Å². The van der Waals surface area contributed by atoms with Crippen molar-refractivity contribution in [1.82, 2.24) is 9.38 Å². The van der Waals surface area contributed by atoms with Gasteiger partial charge in [0.15, 0.2) is 0 Å². The average molecular weight is 424 g/mol. The lowest BCUT2D eigenvalue weighted by molar-refractivity contribution is 0.685. The molecule has 2 aromatic heterocycles. The fraction of sp³-hybridized carbons (Fsp3) is 0.0667. The van der Waals surface area contributed by atoms with E-state index in [1.54, 1.807) is 0 Å². The number of rotatable bonds is 2. The minimum atomic E-state index is 0.233. The van der Waals surface area contributed by atoms with Crippen LogP contribution in [0.2, 0.25) is 0 Å². The van der Waals surface area contributed by atoms with E-state index in [4.69, 9.17) is 4.98 Å². The Balaban J connectivity index is 1.37. The molecule has 3 heteroatoms. The summed E-state index contributed by atoms with van der Waals surface area (Å²) in [5.41, 5.74) is 9.06. The highest BCUT2D eigenvalue weighted by atomic mass is 14.9. The number of aliphatic imine (C=N–C) groups is 1. The molecule has 7 rings (SSSR count). The van der Waals surface area contributed by atoms with Crippen molar-refractivity contribution in [2.45, 2.75) is 6.04 Å². The average Bonchev–Trinajstić information content (AvgIpc) is 3.28. The number of hydrogen-bond acceptors (Lipinski definition) is 2. The summed E-state index contributed by atoms with van der Waals surface area (Å²) >= 11 is 0. The van der Waals surface area contributed by atoms with Crippen molar-refractivity contribution in [3.05, 3.63) is 115 Å². The van der Waals surface area contributed by atoms with Gasteiger partial charge in [-0.3, -0.25) is 4.99 Å². The molecule has 2 atom stereocenters. The number of allylic oxidation sites excluding steroid dienone is 3. The molecule has 0 N–H and O–H groups in total. The Bertz CT molecular complexity index is 1660. The molecule has 1 aliphatic heterocycles. The van der Waals surface area contributed by atoms with Gasteiger partial charge < -0.3 is 4.40 Å². The lowest BCUT2D eigenvalue weighted by Gasteiger charge is -2.22. The van der Waals surface area contributed by atoms with Crippen LogP contribution >= 0.6 is 0 Å². The highest BCUT2D eigenvalue weighted by Crippen LogP contribution is 2.34. The van der Waals surface area contributed by atoms with Gasteiger partial charge in [-0.05, 0) is 41.5 Å². The molecular formula is C30H21N3. The molecule has 0 spiro atoms. The lowest BCUT2D eigenvalue weighted by Crippen LogP contribution is -2.17. The minimum absolute atomic E-state index is 0.233. The van der Waals surface area contributed by atoms with Gasteiger partial charge >= 0.3 is 0 Å². The van der Waals surface area contributed by atoms with Crippen LogP contribution in [0.15, 0.2) is 114 Å². The van der Waals surface area contributed by atoms with Crippen LogP contribution in [0.4, 0.5) is 0 Å². The van der Waals surface area contributed by atoms with Crippen LogP contribution in [0.25, 0.3) is 44.3 Å². The van der Waals surface area contributed by atoms with E-state index in [0.29, 0.717) is 5.92 Å². The zero-order valence-electron chi connectivity index (χ0n) is 18.0. The first-order chi connectivity index (χ1) is 16.3. The van der Waals surface area contributed by atoms with Crippen molar-refractivity contribution >= 4 is 39.2 Å². The maximum atomic E-state index is 5.09. The summed E-state index contributed by atoms with van der Waals surface area (Å²) in [4.78, 5) is 9.64. The summed E-state index contributed by atoms with van der Waals surface area (Å²) < 4.78 is 2.34. The van der Waals surface area contributed by atoms with Gasteiger partial charge in [-0.1, -0.05) is 78.9 Å². The molecule has 5 aromatic rings. The summed E-state index contributed by atoms with van der Waals surface area (Å²) in [6, 6.07) is 28.2. The molecule has 33 heavy (non-hydrogen) atoms. The molecule has 3 heterocycles. The van der Waals surface area contributed by atoms with Crippen molar-refractivity contribution in [2.24, 2.45) is 10.9 Å². The summed E-state index contributed by atoms with van der Waals surface area (Å²) in [6.45, 7) is 0. The third kappa shape index (κ3) is 2.90. The Kier molecular flexibility index (Phi) is 3.97. The second kappa shape index (κ2) is 7.14. The van der Waals surface area contributed by atoms with E-state index in [1.807, 2.05) is 12.3 Å². The van der Waals surface area contributed by atoms with E-state index < -0.39 is 0 Å². The summed E-state index contributed by atoms with van der Waals surface area (Å²) in [6.07, 6.45) is 12.9. The van der Waals surface area contributed by atoms with Gasteiger partial charge in [0.1, 0.15) is 0 Å². The molecule has 0 amide bonds. The molecule has 3 nitrogen and oxygen atoms in total. The predicted molar refractivity (Wildman–Crippen MR) is 138 cm³/mol. The van der Waals surface area contributed by atoms with E-state index in [2.05, 4.69) is 113 Å². The monoisotopic (exact) mass is 423 g/mol. The topological polar surface area (TPSA) is 29.7 Å². The molecule has 0 saturated carbocycles. The van der Waals surface area contributed by atoms with Crippen LogP contribution in [-0.2, 0) is 0 Å². The third-order valence-corrected chi connectivity index (χ3v) is 6.72. The first-order valence-corrected chi connectivity index (χ1v) is 11.3. The largest absolute Gasteiger partial charge is 0.306 e. The number of fused-ring (bicyclic) bond motifs is 6. The van der Waals surface area contributed by atoms with Gasteiger partial charge in [-0.25, -0.2) is 4.98 Å². The maximum Gasteiger partial charge on any atom is 0.0950 e. The zero-order valence-corrected chi connectivity index (χ0v) is 18.0. The number of hydrogen-bond donors (Lipinski definition) is 0. The minimum Gasteiger partial charge on any atom is -0.306 e. The van der Waals surface area contributed by atoms with E-state index in [1.165, 1.54) is 22.0 Å². The van der Waals surface area contributed by atoms with Crippen LogP contribution in [-0.4, -0.2) is 21.6 Å². The van der Waals surface area contributed by atoms with Gasteiger partial charge in [0.2, 0.25) is 0 Å². The maximum absolute atomic E-state index is 5.09. The standard InChI is InChI=1S/C30H21N3/c1-3-9-27-24(6-1)19-29-30(32-26-8-2-4-10-28(26)33(27)29)21-13-11-20(12-14-21)22-15-16-25-23(18-22)7-5-17-31-25/h1-19,23,25H. The molecule has 0 bridgehead atoms. The Morgan fingerprint density at radius 3 is 2.42 bits per heavy atom. The number of aromatic nitrogens is 2. The smallest absolute Gasteiger partial charge is 0.0950 e. The Morgan fingerprint density at radius 1 is 0.727 bits per heavy atom. The highest BCUT2D eigenvalue weighted by Gasteiger charge is 2.20. The van der Waals surface area contributed by atoms with Crippen LogP contribution in [0.1, 0.15) is 5.56 Å². The molecule has 2 aliphatic rings. The SMILES string of the molecule is C1=CC2C=C(c3ccc(-c4nc5ccccc5n5c4cc4ccccc45)cc3)C=CC2N=C1. The number of dihydropyridines is 1. The van der Waals surface area contributed by atoms with Crippen LogP contribution in [0.5, 0.6) is 0 Å². The van der Waals surface area contributed by atoms with Crippen molar-refractivity contribution in [3.8, 4) is 11.3 Å². The summed E-state index contributed by atoms with van der Waals surface area (Å²) in [5, 5.41) is 1.23. The molecule has 0 saturated heterocycles. The quantitative estimate of drug-likeness (QED) is 0.304. The predicted octanol–water partition coefficient (Wildman–Crippen LogP) is 6.89. The summed E-state index contributed by atoms with van der Waals surface area (Å²) in [7, 11) is 0. The van der Waals surface area contributed by atoms with E-state index in [-0.39, 0.29) is 6.04 Å². The van der Waals surface area contributed by atoms with Crippen molar-refractivity contribution in [2.75, 3.05) is 0 Å². The van der Waals surface area contributed by atoms with Crippen molar-refractivity contribution in [3.63, 3.8) is 0 Å². The Hall–Kier alpha value is -4.24. The lowest BCUT2D eigenvalue weighted by atomic mass is 9.87. The first kappa shape index (κ1) is 18.3. The Morgan fingerprint density at radius 2 is 1.52 bits per heavy atom. The second-order valence-corrected chi connectivity index (χ2v) is 8.68. The molecule has 156 valence electrons. The second-order valence-electron chi connectivity index (χ2n) is 8.68. The van der Waals surface area contributed by atoms with Gasteiger partial charge in [-0.2, -0.15) is 0 Å². The van der Waals surface area contributed by atoms with Gasteiger partial charge in [0.05, 0.1) is 33.8 Å². The molecule has 3 aromatic carbocycles. The van der Waals surface area contributed by atoms with Gasteiger partial charge in [-0.15, -0.1) is 0 Å². The summed E-state index contributed by atoms with van der Waals surface area (Å²) in [5.74, 6) is 0.338. The molecule has 1 aliphatic carbocycles. The number of benzene rings is 3. The third-order valence-electron chi connectivity index (χ3n) is 6.72. The van der Waals surface area contributed by atoms with E-state index in [9.17, 15) is 0 Å². The zero-order chi connectivity index (χ0) is 21.8. The fourth-order valence-electron chi connectivity index (χ4n) is 5.08. The van der Waals surface area contributed by atoms with Crippen LogP contribution < -0.4 is 0 Å². The van der Waals surface area contributed by atoms with Crippen LogP contribution in [0, 0.1) is 5.92 Å². The molecular weight excluding hydrogens is 402 g/mol. The normalized spacial score (nSPS) is 19.3. The van der Waals surface area contributed by atoms with Crippen molar-refractivity contribution < 1.29 is 0 Å². The van der Waals surface area contributed by atoms with Crippen molar-refractivity contribution in [1.29, 1.82) is 0 Å². The number of para-hydroxylation sites is 3. The van der Waals surface area contributed by atoms with E-state index in [0.717, 1.165) is 27.8 Å². The fourth-order valence-corrected chi connectivity index (χ4v) is 5.08. The molecule has 0 radical (unpaired) electrons. The Labute approximate surface area is 191 Å². The molecule has 0 fully saturated rings. The highest BCUT2D eigenvalue weighted by molar-refractivity contribution is 5.98. The van der Waals surface area contributed by atoms with Gasteiger partial charge in [0.25, 0.3) is 0 Å². The van der Waals surface area contributed by atoms with Crippen LogP contribution in [0.3, 0.4) is 0 Å². The van der Waals surface area contributed by atoms with Gasteiger partial charge in [0, 0.05) is 23.1 Å². The molecule has 2 unspecified atom stereocenters.